The van der Waals surface area contributed by atoms with Crippen LogP contribution in [-0.2, 0) is 4.79 Å². The number of thiocarbonyl (C=S) groups is 1. The lowest BCUT2D eigenvalue weighted by Crippen LogP contribution is -2.47. The molecule has 4 N–H and O–H groups in total. The third-order valence-corrected chi connectivity index (χ3v) is 4.05. The molecule has 0 saturated carbocycles. The Labute approximate surface area is 162 Å². The molecule has 0 aromatic heterocycles. The molecule has 0 bridgehead atoms. The molecule has 0 aliphatic rings. The monoisotopic (exact) mass is 390 g/mol. The summed E-state index contributed by atoms with van der Waals surface area (Å²) in [6.07, 6.45) is 0. The van der Waals surface area contributed by atoms with Gasteiger partial charge in [-0.1, -0.05) is 17.7 Å². The maximum Gasteiger partial charge on any atom is 0.257 e. The second kappa shape index (κ2) is 9.17. The van der Waals surface area contributed by atoms with Crippen LogP contribution in [0.3, 0.4) is 0 Å². The number of anilines is 1. The number of hydrogen-bond donors (Lipinski definition) is 4. The summed E-state index contributed by atoms with van der Waals surface area (Å²) in [7, 11) is 0. The molecule has 0 saturated heterocycles. The fraction of sp³-hybridized carbons (Fsp3) is 0.167. The van der Waals surface area contributed by atoms with E-state index in [0.717, 1.165) is 16.8 Å². The molecule has 0 radical (unpaired) electrons. The van der Waals surface area contributed by atoms with E-state index in [-0.39, 0.29) is 17.6 Å². The summed E-state index contributed by atoms with van der Waals surface area (Å²) < 4.78 is 0. The summed E-state index contributed by atoms with van der Waals surface area (Å²) in [5, 5.41) is 6.26. The quantitative estimate of drug-likeness (QED) is 0.476. The standard InChI is InChI=1S/C18H19ClN4O2S/c1-11-3-4-13(9-12(11)2)17(25)20-10-16(24)22-23-18(26)21-15-7-5-14(19)6-8-15/h3-9H,10H2,1-2H3,(H,20,25)(H,22,24)(H2,21,23,26). The highest BCUT2D eigenvalue weighted by molar-refractivity contribution is 7.80. The highest BCUT2D eigenvalue weighted by Gasteiger charge is 2.09. The summed E-state index contributed by atoms with van der Waals surface area (Å²) in [4.78, 5) is 23.9. The van der Waals surface area contributed by atoms with Crippen molar-refractivity contribution in [3.63, 3.8) is 0 Å². The van der Waals surface area contributed by atoms with Crippen molar-refractivity contribution in [3.05, 3.63) is 64.2 Å². The predicted octanol–water partition coefficient (Wildman–Crippen LogP) is 2.70. The molecule has 2 aromatic carbocycles. The number of aryl methyl sites for hydroxylation is 2. The molecule has 26 heavy (non-hydrogen) atoms. The summed E-state index contributed by atoms with van der Waals surface area (Å²) >= 11 is 10.9. The Balaban J connectivity index is 1.74. The van der Waals surface area contributed by atoms with Crippen LogP contribution < -0.4 is 21.5 Å². The average molecular weight is 391 g/mol. The normalized spacial score (nSPS) is 9.96. The van der Waals surface area contributed by atoms with Crippen molar-refractivity contribution in [2.24, 2.45) is 0 Å². The second-order valence-electron chi connectivity index (χ2n) is 5.62. The highest BCUT2D eigenvalue weighted by Crippen LogP contribution is 2.13. The van der Waals surface area contributed by atoms with E-state index in [1.807, 2.05) is 19.9 Å². The van der Waals surface area contributed by atoms with E-state index in [9.17, 15) is 9.59 Å². The lowest BCUT2D eigenvalue weighted by Gasteiger charge is -2.12. The molecule has 2 rings (SSSR count). The first kappa shape index (κ1) is 19.7. The number of rotatable bonds is 4. The summed E-state index contributed by atoms with van der Waals surface area (Å²) in [6.45, 7) is 3.72. The third-order valence-electron chi connectivity index (χ3n) is 3.60. The van der Waals surface area contributed by atoms with Crippen LogP contribution in [0.1, 0.15) is 21.5 Å². The van der Waals surface area contributed by atoms with Crippen LogP contribution >= 0.6 is 23.8 Å². The van der Waals surface area contributed by atoms with Crippen molar-refractivity contribution in [2.45, 2.75) is 13.8 Å². The first-order chi connectivity index (χ1) is 12.3. The molecule has 136 valence electrons. The Morgan fingerprint density at radius 1 is 1.00 bits per heavy atom. The molecule has 0 aliphatic carbocycles. The van der Waals surface area contributed by atoms with Crippen molar-refractivity contribution in [2.75, 3.05) is 11.9 Å². The van der Waals surface area contributed by atoms with Crippen molar-refractivity contribution >= 4 is 46.4 Å². The van der Waals surface area contributed by atoms with E-state index < -0.39 is 5.91 Å². The molecule has 0 unspecified atom stereocenters. The molecule has 2 amide bonds. The van der Waals surface area contributed by atoms with Gasteiger partial charge in [0.25, 0.3) is 11.8 Å². The minimum Gasteiger partial charge on any atom is -0.343 e. The van der Waals surface area contributed by atoms with Gasteiger partial charge in [0, 0.05) is 16.3 Å². The SMILES string of the molecule is Cc1ccc(C(=O)NCC(=O)NNC(=S)Nc2ccc(Cl)cc2)cc1C. The minimum absolute atomic E-state index is 0.178. The van der Waals surface area contributed by atoms with Crippen molar-refractivity contribution in [1.29, 1.82) is 0 Å². The van der Waals surface area contributed by atoms with Crippen molar-refractivity contribution in [1.82, 2.24) is 16.2 Å². The van der Waals surface area contributed by atoms with Gasteiger partial charge >= 0.3 is 0 Å². The molecule has 8 heteroatoms. The average Bonchev–Trinajstić information content (AvgIpc) is 2.62. The first-order valence-corrected chi connectivity index (χ1v) is 8.60. The van der Waals surface area contributed by atoms with E-state index in [0.29, 0.717) is 10.6 Å². The molecule has 0 atom stereocenters. The zero-order valence-corrected chi connectivity index (χ0v) is 15.9. The van der Waals surface area contributed by atoms with Crippen LogP contribution in [0.2, 0.25) is 5.02 Å². The molecular weight excluding hydrogens is 372 g/mol. The van der Waals surface area contributed by atoms with Gasteiger partial charge in [-0.2, -0.15) is 0 Å². The Morgan fingerprint density at radius 2 is 1.69 bits per heavy atom. The number of amides is 2. The highest BCUT2D eigenvalue weighted by atomic mass is 35.5. The third kappa shape index (κ3) is 6.02. The molecular formula is C18H19ClN4O2S. The van der Waals surface area contributed by atoms with Crippen LogP contribution in [0.5, 0.6) is 0 Å². The van der Waals surface area contributed by atoms with Crippen molar-refractivity contribution in [3.8, 4) is 0 Å². The van der Waals surface area contributed by atoms with Crippen molar-refractivity contribution < 1.29 is 9.59 Å². The fourth-order valence-corrected chi connectivity index (χ4v) is 2.31. The number of hydrazine groups is 1. The fourth-order valence-electron chi connectivity index (χ4n) is 2.01. The Hall–Kier alpha value is -2.64. The van der Waals surface area contributed by atoms with Gasteiger partial charge in [0.2, 0.25) is 0 Å². The van der Waals surface area contributed by atoms with Gasteiger partial charge in [-0.15, -0.1) is 0 Å². The Morgan fingerprint density at radius 3 is 2.35 bits per heavy atom. The minimum atomic E-state index is -0.428. The summed E-state index contributed by atoms with van der Waals surface area (Å²) in [5.74, 6) is -0.743. The Bertz CT molecular complexity index is 824. The Kier molecular flexibility index (Phi) is 6.94. The number of nitrogens with one attached hydrogen (secondary N) is 4. The second-order valence-corrected chi connectivity index (χ2v) is 6.46. The number of benzene rings is 2. The van der Waals surface area contributed by atoms with E-state index in [1.54, 1.807) is 36.4 Å². The van der Waals surface area contributed by atoms with Gasteiger partial charge < -0.3 is 10.6 Å². The molecule has 0 heterocycles. The lowest BCUT2D eigenvalue weighted by atomic mass is 10.1. The van der Waals surface area contributed by atoms with E-state index in [2.05, 4.69) is 21.5 Å². The summed E-state index contributed by atoms with van der Waals surface area (Å²) in [6, 6.07) is 12.3. The smallest absolute Gasteiger partial charge is 0.257 e. The van der Waals surface area contributed by atoms with Crippen LogP contribution in [0.15, 0.2) is 42.5 Å². The largest absolute Gasteiger partial charge is 0.343 e. The van der Waals surface area contributed by atoms with Gasteiger partial charge in [-0.3, -0.25) is 20.4 Å². The molecule has 0 aliphatic heterocycles. The number of carbonyl (C=O) groups is 2. The summed E-state index contributed by atoms with van der Waals surface area (Å²) in [5.41, 5.74) is 8.32. The zero-order chi connectivity index (χ0) is 19.1. The number of carbonyl (C=O) groups excluding carboxylic acids is 2. The van der Waals surface area contributed by atoms with Crippen LogP contribution in [0.4, 0.5) is 5.69 Å². The van der Waals surface area contributed by atoms with Gasteiger partial charge in [0.15, 0.2) is 5.11 Å². The lowest BCUT2D eigenvalue weighted by molar-refractivity contribution is -0.120. The van der Waals surface area contributed by atoms with E-state index in [4.69, 9.17) is 23.8 Å². The number of hydrogen-bond acceptors (Lipinski definition) is 3. The molecule has 0 spiro atoms. The molecule has 2 aromatic rings. The molecule has 6 nitrogen and oxygen atoms in total. The van der Waals surface area contributed by atoms with E-state index in [1.165, 1.54) is 0 Å². The number of halogens is 1. The topological polar surface area (TPSA) is 82.3 Å². The van der Waals surface area contributed by atoms with Gasteiger partial charge in [0.05, 0.1) is 6.54 Å². The maximum atomic E-state index is 12.1. The van der Waals surface area contributed by atoms with Crippen LogP contribution in [0.25, 0.3) is 0 Å². The van der Waals surface area contributed by atoms with Gasteiger partial charge in [0.1, 0.15) is 0 Å². The zero-order valence-electron chi connectivity index (χ0n) is 14.4. The maximum absolute atomic E-state index is 12.1. The predicted molar refractivity (Wildman–Crippen MR) is 107 cm³/mol. The van der Waals surface area contributed by atoms with Crippen LogP contribution in [-0.4, -0.2) is 23.5 Å². The van der Waals surface area contributed by atoms with Crippen LogP contribution in [0, 0.1) is 13.8 Å². The van der Waals surface area contributed by atoms with Gasteiger partial charge in [-0.05, 0) is 73.6 Å². The van der Waals surface area contributed by atoms with Gasteiger partial charge in [-0.25, -0.2) is 0 Å². The first-order valence-electron chi connectivity index (χ1n) is 7.82. The molecule has 0 fully saturated rings. The van der Waals surface area contributed by atoms with E-state index >= 15 is 0 Å².